The number of hydrogen-bond acceptors (Lipinski definition) is 1. The predicted octanol–water partition coefficient (Wildman–Crippen LogP) is 5.43. The van der Waals surface area contributed by atoms with Crippen molar-refractivity contribution in [3.63, 3.8) is 0 Å². The Bertz CT molecular complexity index is 927. The summed E-state index contributed by atoms with van der Waals surface area (Å²) >= 11 is 0. The number of hydrogen-bond donors (Lipinski definition) is 0. The Morgan fingerprint density at radius 1 is 0.769 bits per heavy atom. The second-order valence-electron chi connectivity index (χ2n) is 6.42. The van der Waals surface area contributed by atoms with Crippen LogP contribution in [0.5, 0.6) is 0 Å². The van der Waals surface area contributed by atoms with Crippen molar-refractivity contribution in [3.8, 4) is 0 Å². The van der Waals surface area contributed by atoms with Gasteiger partial charge in [0.15, 0.2) is 0 Å². The molecule has 0 amide bonds. The first-order valence-corrected chi connectivity index (χ1v) is 10.6. The normalized spacial score (nSPS) is 12.2. The van der Waals surface area contributed by atoms with E-state index in [9.17, 15) is 4.57 Å². The minimum absolute atomic E-state index is 0.728. The van der Waals surface area contributed by atoms with Gasteiger partial charge >= 0.3 is 0 Å². The van der Waals surface area contributed by atoms with E-state index in [1.807, 2.05) is 92.7 Å². The van der Waals surface area contributed by atoms with Crippen molar-refractivity contribution < 1.29 is 4.57 Å². The molecular formula is C23H24NOP. The summed E-state index contributed by atoms with van der Waals surface area (Å²) in [6.07, 6.45) is 0.728. The largest absolute Gasteiger partial charge is 0.288 e. The maximum atomic E-state index is 14.4. The summed E-state index contributed by atoms with van der Waals surface area (Å²) in [6.45, 7) is 6.07. The lowest BCUT2D eigenvalue weighted by Gasteiger charge is -2.20. The molecule has 0 spiro atoms. The molecular weight excluding hydrogens is 337 g/mol. The van der Waals surface area contributed by atoms with Crippen LogP contribution in [0.1, 0.15) is 30.0 Å². The van der Waals surface area contributed by atoms with Crippen molar-refractivity contribution in [2.45, 2.75) is 27.2 Å². The molecule has 3 aromatic rings. The molecule has 2 nitrogen and oxygen atoms in total. The second kappa shape index (κ2) is 7.85. The van der Waals surface area contributed by atoms with E-state index in [1.54, 1.807) is 0 Å². The van der Waals surface area contributed by atoms with E-state index in [-0.39, 0.29) is 0 Å². The minimum atomic E-state index is -3.15. The summed E-state index contributed by atoms with van der Waals surface area (Å²) in [4.78, 5) is 0. The summed E-state index contributed by atoms with van der Waals surface area (Å²) in [5.41, 5.74) is 3.91. The molecule has 0 saturated heterocycles. The van der Waals surface area contributed by atoms with Gasteiger partial charge in [-0.2, -0.15) is 0 Å². The molecule has 132 valence electrons. The zero-order valence-corrected chi connectivity index (χ0v) is 16.4. The monoisotopic (exact) mass is 361 g/mol. The fourth-order valence-electron chi connectivity index (χ4n) is 3.18. The molecule has 3 rings (SSSR count). The Morgan fingerprint density at radius 2 is 1.23 bits per heavy atom. The van der Waals surface area contributed by atoms with Gasteiger partial charge in [0.2, 0.25) is 7.29 Å². The lowest BCUT2D eigenvalue weighted by atomic mass is 10.1. The highest BCUT2D eigenvalue weighted by molar-refractivity contribution is 7.77. The van der Waals surface area contributed by atoms with Gasteiger partial charge in [-0.3, -0.25) is 4.57 Å². The third kappa shape index (κ3) is 3.57. The molecule has 0 aliphatic heterocycles. The molecule has 0 bridgehead atoms. The molecule has 0 unspecified atom stereocenters. The molecule has 0 fully saturated rings. The van der Waals surface area contributed by atoms with Crippen LogP contribution in [0.3, 0.4) is 0 Å². The van der Waals surface area contributed by atoms with Crippen LogP contribution in [0.2, 0.25) is 0 Å². The van der Waals surface area contributed by atoms with Crippen LogP contribution < -0.4 is 10.6 Å². The first-order chi connectivity index (χ1) is 12.6. The van der Waals surface area contributed by atoms with E-state index in [0.29, 0.717) is 0 Å². The quantitative estimate of drug-likeness (QED) is 0.440. The molecule has 0 N–H and O–H groups in total. The summed E-state index contributed by atoms with van der Waals surface area (Å²) in [5.74, 6) is 0. The Balaban J connectivity index is 2.29. The first-order valence-electron chi connectivity index (χ1n) is 8.93. The number of aryl methyl sites for hydroxylation is 2. The maximum absolute atomic E-state index is 14.4. The number of benzene rings is 3. The summed E-state index contributed by atoms with van der Waals surface area (Å²) in [7, 11) is -3.15. The number of rotatable bonds is 5. The van der Waals surface area contributed by atoms with Gasteiger partial charge in [-0.1, -0.05) is 73.7 Å². The Kier molecular flexibility index (Phi) is 5.54. The molecule has 26 heavy (non-hydrogen) atoms. The van der Waals surface area contributed by atoms with E-state index in [0.717, 1.165) is 39.4 Å². The highest BCUT2D eigenvalue weighted by atomic mass is 31.2. The van der Waals surface area contributed by atoms with Crippen molar-refractivity contribution in [2.75, 3.05) is 0 Å². The molecule has 0 saturated carbocycles. The Morgan fingerprint density at radius 3 is 1.69 bits per heavy atom. The first kappa shape index (κ1) is 18.4. The van der Waals surface area contributed by atoms with Gasteiger partial charge in [-0.05, 0) is 49.1 Å². The van der Waals surface area contributed by atoms with Crippen molar-refractivity contribution in [2.24, 2.45) is 4.76 Å². The standard InChI is InChI=1S/C23H24NOP/c1-4-21(20-14-6-5-7-15-20)24-26(25,22-16-10-8-12-18(22)2)23-17-11-9-13-19(23)3/h5-17H,4H2,1-3H3/b24-21+. The maximum Gasteiger partial charge on any atom is 0.248 e. The van der Waals surface area contributed by atoms with Gasteiger partial charge in [0.25, 0.3) is 0 Å². The third-order valence-electron chi connectivity index (χ3n) is 4.59. The fraction of sp³-hybridized carbons (Fsp3) is 0.174. The van der Waals surface area contributed by atoms with Crippen LogP contribution in [-0.4, -0.2) is 5.71 Å². The van der Waals surface area contributed by atoms with Crippen molar-refractivity contribution in [1.29, 1.82) is 0 Å². The van der Waals surface area contributed by atoms with Crippen LogP contribution in [0.4, 0.5) is 0 Å². The number of nitrogens with zero attached hydrogens (tertiary/aromatic N) is 1. The molecule has 3 aromatic carbocycles. The smallest absolute Gasteiger partial charge is 0.248 e. The summed E-state index contributed by atoms with van der Waals surface area (Å²) < 4.78 is 19.3. The van der Waals surface area contributed by atoms with Gasteiger partial charge in [-0.25, -0.2) is 4.76 Å². The van der Waals surface area contributed by atoms with Crippen LogP contribution >= 0.6 is 7.29 Å². The molecule has 0 aliphatic rings. The van der Waals surface area contributed by atoms with Gasteiger partial charge in [0.05, 0.1) is 5.71 Å². The van der Waals surface area contributed by atoms with E-state index in [2.05, 4.69) is 6.92 Å². The predicted molar refractivity (Wildman–Crippen MR) is 113 cm³/mol. The van der Waals surface area contributed by atoms with Gasteiger partial charge in [0, 0.05) is 10.6 Å². The van der Waals surface area contributed by atoms with E-state index in [4.69, 9.17) is 4.76 Å². The molecule has 3 heteroatoms. The van der Waals surface area contributed by atoms with Gasteiger partial charge in [-0.15, -0.1) is 0 Å². The average Bonchev–Trinajstić information content (AvgIpc) is 2.67. The second-order valence-corrected chi connectivity index (χ2v) is 8.73. The topological polar surface area (TPSA) is 29.4 Å². The van der Waals surface area contributed by atoms with E-state index in [1.165, 1.54) is 0 Å². The SMILES string of the molecule is CC/C(=N\P(=O)(c1ccccc1C)c1ccccc1C)c1ccccc1. The molecule has 0 atom stereocenters. The van der Waals surface area contributed by atoms with Crippen LogP contribution in [-0.2, 0) is 4.57 Å². The highest BCUT2D eigenvalue weighted by Gasteiger charge is 2.30. The highest BCUT2D eigenvalue weighted by Crippen LogP contribution is 2.47. The Labute approximate surface area is 156 Å². The molecule has 0 radical (unpaired) electrons. The van der Waals surface area contributed by atoms with Crippen LogP contribution in [0, 0.1) is 13.8 Å². The Hall–Kier alpha value is -2.44. The lowest BCUT2D eigenvalue weighted by Crippen LogP contribution is -2.20. The van der Waals surface area contributed by atoms with Gasteiger partial charge in [0.1, 0.15) is 0 Å². The average molecular weight is 361 g/mol. The molecule has 0 aliphatic carbocycles. The van der Waals surface area contributed by atoms with Crippen molar-refractivity contribution in [1.82, 2.24) is 0 Å². The van der Waals surface area contributed by atoms with Crippen molar-refractivity contribution >= 4 is 23.6 Å². The lowest BCUT2D eigenvalue weighted by molar-refractivity contribution is 0.588. The fourth-order valence-corrected chi connectivity index (χ4v) is 5.93. The minimum Gasteiger partial charge on any atom is -0.288 e. The van der Waals surface area contributed by atoms with Crippen molar-refractivity contribution in [3.05, 3.63) is 95.6 Å². The van der Waals surface area contributed by atoms with Crippen LogP contribution in [0.15, 0.2) is 83.6 Å². The zero-order valence-electron chi connectivity index (χ0n) is 15.5. The van der Waals surface area contributed by atoms with Gasteiger partial charge < -0.3 is 0 Å². The molecule has 0 aromatic heterocycles. The molecule has 0 heterocycles. The summed E-state index contributed by atoms with van der Waals surface area (Å²) in [6, 6.07) is 25.8. The summed E-state index contributed by atoms with van der Waals surface area (Å²) in [5, 5.41) is 1.63. The van der Waals surface area contributed by atoms with E-state index >= 15 is 0 Å². The zero-order chi connectivity index (χ0) is 18.6. The third-order valence-corrected chi connectivity index (χ3v) is 7.42. The van der Waals surface area contributed by atoms with Crippen LogP contribution in [0.25, 0.3) is 0 Å². The van der Waals surface area contributed by atoms with E-state index < -0.39 is 7.29 Å².